The standard InChI is InChI=1S/C17H17FN2/c1-3-14-17-12(8-19-14)11-6-4-5-10-9(2)13(18)7-15(20-17)16(10)11/h3,7,19H,4-6,8H2,1-2H3/b14-3-. The smallest absolute Gasteiger partial charge is 0.128 e. The quantitative estimate of drug-likeness (QED) is 0.789. The largest absolute Gasteiger partial charge is 0.379 e. The lowest BCUT2D eigenvalue weighted by Gasteiger charge is -2.21. The van der Waals surface area contributed by atoms with Crippen LogP contribution in [0.4, 0.5) is 4.39 Å². The van der Waals surface area contributed by atoms with E-state index in [2.05, 4.69) is 5.32 Å². The minimum atomic E-state index is -0.124. The highest BCUT2D eigenvalue weighted by Crippen LogP contribution is 2.38. The minimum Gasteiger partial charge on any atom is -0.379 e. The lowest BCUT2D eigenvalue weighted by atomic mass is 9.85. The minimum absolute atomic E-state index is 0.124. The molecule has 1 aromatic carbocycles. The number of pyridine rings is 1. The number of hydrogen-bond acceptors (Lipinski definition) is 2. The van der Waals surface area contributed by atoms with Crippen molar-refractivity contribution in [2.24, 2.45) is 0 Å². The number of allylic oxidation sites excluding steroid dienone is 1. The fraction of sp³-hybridized carbons (Fsp3) is 0.353. The Morgan fingerprint density at radius 1 is 1.25 bits per heavy atom. The van der Waals surface area contributed by atoms with Gasteiger partial charge in [0.1, 0.15) is 5.82 Å². The number of halogens is 1. The van der Waals surface area contributed by atoms with E-state index in [-0.39, 0.29) is 5.82 Å². The average Bonchev–Trinajstić information content (AvgIpc) is 2.87. The second-order valence-electron chi connectivity index (χ2n) is 5.68. The Morgan fingerprint density at radius 3 is 2.85 bits per heavy atom. The molecule has 0 unspecified atom stereocenters. The van der Waals surface area contributed by atoms with Crippen LogP contribution < -0.4 is 5.32 Å². The van der Waals surface area contributed by atoms with E-state index >= 15 is 0 Å². The summed E-state index contributed by atoms with van der Waals surface area (Å²) in [6, 6.07) is 1.61. The summed E-state index contributed by atoms with van der Waals surface area (Å²) >= 11 is 0. The number of nitrogens with one attached hydrogen (secondary N) is 1. The highest BCUT2D eigenvalue weighted by molar-refractivity contribution is 5.91. The molecule has 0 bridgehead atoms. The molecule has 2 aromatic rings. The van der Waals surface area contributed by atoms with Gasteiger partial charge in [-0.2, -0.15) is 0 Å². The molecule has 3 heteroatoms. The number of rotatable bonds is 0. The van der Waals surface area contributed by atoms with Gasteiger partial charge < -0.3 is 5.32 Å². The zero-order valence-corrected chi connectivity index (χ0v) is 11.8. The number of hydrogen-bond donors (Lipinski definition) is 1. The van der Waals surface area contributed by atoms with Crippen molar-refractivity contribution in [1.82, 2.24) is 10.3 Å². The predicted octanol–water partition coefficient (Wildman–Crippen LogP) is 3.64. The van der Waals surface area contributed by atoms with Gasteiger partial charge >= 0.3 is 0 Å². The molecule has 1 aliphatic carbocycles. The van der Waals surface area contributed by atoms with Crippen LogP contribution in [0.1, 0.15) is 41.3 Å². The molecule has 20 heavy (non-hydrogen) atoms. The second-order valence-corrected chi connectivity index (χ2v) is 5.68. The molecule has 0 spiro atoms. The van der Waals surface area contributed by atoms with E-state index in [9.17, 15) is 4.39 Å². The van der Waals surface area contributed by atoms with Crippen molar-refractivity contribution >= 4 is 16.6 Å². The van der Waals surface area contributed by atoms with E-state index in [1.54, 1.807) is 6.07 Å². The van der Waals surface area contributed by atoms with Crippen LogP contribution >= 0.6 is 0 Å². The fourth-order valence-corrected chi connectivity index (χ4v) is 3.64. The monoisotopic (exact) mass is 268 g/mol. The van der Waals surface area contributed by atoms with E-state index in [0.29, 0.717) is 0 Å². The van der Waals surface area contributed by atoms with Gasteiger partial charge in [0.15, 0.2) is 0 Å². The molecule has 0 atom stereocenters. The van der Waals surface area contributed by atoms with Gasteiger partial charge in [0, 0.05) is 23.6 Å². The maximum atomic E-state index is 14.1. The number of fused-ring (bicyclic) bond motifs is 2. The summed E-state index contributed by atoms with van der Waals surface area (Å²) in [5.41, 5.74) is 7.59. The summed E-state index contributed by atoms with van der Waals surface area (Å²) in [4.78, 5) is 4.74. The fourth-order valence-electron chi connectivity index (χ4n) is 3.64. The Labute approximate surface area is 117 Å². The van der Waals surface area contributed by atoms with Crippen molar-refractivity contribution in [3.05, 3.63) is 45.9 Å². The first-order valence-corrected chi connectivity index (χ1v) is 7.24. The van der Waals surface area contributed by atoms with Crippen LogP contribution in [0.5, 0.6) is 0 Å². The van der Waals surface area contributed by atoms with Crippen LogP contribution in [0.2, 0.25) is 0 Å². The lowest BCUT2D eigenvalue weighted by Crippen LogP contribution is -2.09. The van der Waals surface area contributed by atoms with Crippen LogP contribution in [-0.4, -0.2) is 4.98 Å². The van der Waals surface area contributed by atoms with Gasteiger partial charge in [-0.15, -0.1) is 0 Å². The summed E-state index contributed by atoms with van der Waals surface area (Å²) < 4.78 is 14.1. The third-order valence-corrected chi connectivity index (χ3v) is 4.67. The number of aryl methyl sites for hydroxylation is 2. The van der Waals surface area contributed by atoms with Gasteiger partial charge in [-0.25, -0.2) is 9.37 Å². The molecule has 0 saturated carbocycles. The van der Waals surface area contributed by atoms with E-state index in [4.69, 9.17) is 4.98 Å². The first-order chi connectivity index (χ1) is 9.70. The molecule has 0 amide bonds. The highest BCUT2D eigenvalue weighted by Gasteiger charge is 2.26. The van der Waals surface area contributed by atoms with E-state index in [1.807, 2.05) is 19.9 Å². The van der Waals surface area contributed by atoms with Crippen molar-refractivity contribution in [2.75, 3.05) is 0 Å². The molecular weight excluding hydrogens is 251 g/mol. The molecular formula is C17H17FN2. The van der Waals surface area contributed by atoms with Gasteiger partial charge in [0.2, 0.25) is 0 Å². The Bertz CT molecular complexity index is 775. The Hall–Kier alpha value is -1.90. The molecule has 2 aliphatic rings. The summed E-state index contributed by atoms with van der Waals surface area (Å²) in [5, 5.41) is 4.61. The molecule has 4 rings (SSSR count). The third kappa shape index (κ3) is 1.41. The summed E-state index contributed by atoms with van der Waals surface area (Å²) in [5.74, 6) is -0.124. The number of nitrogens with zero attached hydrogens (tertiary/aromatic N) is 1. The maximum absolute atomic E-state index is 14.1. The van der Waals surface area contributed by atoms with Gasteiger partial charge in [-0.1, -0.05) is 6.08 Å². The molecule has 1 aromatic heterocycles. The number of benzene rings is 1. The zero-order chi connectivity index (χ0) is 13.9. The van der Waals surface area contributed by atoms with Crippen LogP contribution in [0.3, 0.4) is 0 Å². The van der Waals surface area contributed by atoms with Gasteiger partial charge in [-0.05, 0) is 49.8 Å². The first kappa shape index (κ1) is 11.9. The summed E-state index contributed by atoms with van der Waals surface area (Å²) in [6.45, 7) is 4.75. The van der Waals surface area contributed by atoms with Gasteiger partial charge in [0.25, 0.3) is 0 Å². The molecule has 0 fully saturated rings. The molecule has 1 aliphatic heterocycles. The third-order valence-electron chi connectivity index (χ3n) is 4.67. The number of aromatic nitrogens is 1. The van der Waals surface area contributed by atoms with Crippen LogP contribution in [-0.2, 0) is 19.4 Å². The molecule has 2 nitrogen and oxygen atoms in total. The summed E-state index contributed by atoms with van der Waals surface area (Å²) in [6.07, 6.45) is 5.20. The van der Waals surface area contributed by atoms with E-state index in [1.165, 1.54) is 22.1 Å². The lowest BCUT2D eigenvalue weighted by molar-refractivity contribution is 0.615. The van der Waals surface area contributed by atoms with Crippen molar-refractivity contribution in [3.63, 3.8) is 0 Å². The van der Waals surface area contributed by atoms with E-state index < -0.39 is 0 Å². The summed E-state index contributed by atoms with van der Waals surface area (Å²) in [7, 11) is 0. The normalized spacial score (nSPS) is 18.4. The van der Waals surface area contributed by atoms with Crippen LogP contribution in [0.15, 0.2) is 12.1 Å². The highest BCUT2D eigenvalue weighted by atomic mass is 19.1. The Kier molecular flexibility index (Phi) is 2.40. The Balaban J connectivity index is 2.17. The van der Waals surface area contributed by atoms with Crippen molar-refractivity contribution in [3.8, 4) is 0 Å². The zero-order valence-electron chi connectivity index (χ0n) is 11.8. The average molecular weight is 268 g/mol. The second kappa shape index (κ2) is 4.05. The van der Waals surface area contributed by atoms with Crippen LogP contribution in [0.25, 0.3) is 16.6 Å². The first-order valence-electron chi connectivity index (χ1n) is 7.24. The van der Waals surface area contributed by atoms with Gasteiger partial charge in [-0.3, -0.25) is 0 Å². The van der Waals surface area contributed by atoms with Crippen molar-refractivity contribution in [2.45, 2.75) is 39.7 Å². The predicted molar refractivity (Wildman–Crippen MR) is 79.0 cm³/mol. The molecule has 0 radical (unpaired) electrons. The van der Waals surface area contributed by atoms with Gasteiger partial charge in [0.05, 0.1) is 16.9 Å². The maximum Gasteiger partial charge on any atom is 0.128 e. The SMILES string of the molecule is C/C=C1\NCc2c1nc1cc(F)c(C)c3c1c2CCC3. The molecule has 102 valence electrons. The molecule has 0 saturated heterocycles. The molecule has 2 heterocycles. The topological polar surface area (TPSA) is 24.9 Å². The Morgan fingerprint density at radius 2 is 2.05 bits per heavy atom. The van der Waals surface area contributed by atoms with E-state index in [0.717, 1.165) is 48.3 Å². The van der Waals surface area contributed by atoms with Crippen LogP contribution in [0, 0.1) is 12.7 Å². The van der Waals surface area contributed by atoms with Crippen molar-refractivity contribution < 1.29 is 4.39 Å². The molecule has 1 N–H and O–H groups in total. The van der Waals surface area contributed by atoms with Crippen molar-refractivity contribution in [1.29, 1.82) is 0 Å².